The highest BCUT2D eigenvalue weighted by Crippen LogP contribution is 2.25. The Kier molecular flexibility index (Phi) is 4.95. The van der Waals surface area contributed by atoms with Crippen LogP contribution < -0.4 is 5.32 Å². The second-order valence-corrected chi connectivity index (χ2v) is 9.01. The van der Waals surface area contributed by atoms with Gasteiger partial charge < -0.3 is 10.2 Å². The maximum atomic E-state index is 13.1. The first-order valence-corrected chi connectivity index (χ1v) is 10.2. The molecule has 4 heterocycles. The normalized spacial score (nSPS) is 20.1. The average Bonchev–Trinajstić information content (AvgIpc) is 3.09. The lowest BCUT2D eigenvalue weighted by Gasteiger charge is -2.29. The smallest absolute Gasteiger partial charge is 0.272 e. The Morgan fingerprint density at radius 2 is 2.14 bits per heavy atom. The van der Waals surface area contributed by atoms with Crippen molar-refractivity contribution in [1.82, 2.24) is 30.0 Å². The summed E-state index contributed by atoms with van der Waals surface area (Å²) in [7, 11) is 1.84. The van der Waals surface area contributed by atoms with Gasteiger partial charge in [-0.25, -0.2) is 9.97 Å². The summed E-state index contributed by atoms with van der Waals surface area (Å²) < 4.78 is 1.70. The summed E-state index contributed by atoms with van der Waals surface area (Å²) in [6.07, 6.45) is 5.03. The van der Waals surface area contributed by atoms with E-state index in [4.69, 9.17) is 4.98 Å². The van der Waals surface area contributed by atoms with Crippen molar-refractivity contribution in [1.29, 1.82) is 0 Å². The van der Waals surface area contributed by atoms with E-state index in [0.717, 1.165) is 48.7 Å². The van der Waals surface area contributed by atoms with Crippen molar-refractivity contribution in [2.45, 2.75) is 57.9 Å². The molecule has 7 heteroatoms. The number of carbonyl (C=O) groups excluding carboxylic acids is 1. The first-order valence-electron chi connectivity index (χ1n) is 10.2. The van der Waals surface area contributed by atoms with Gasteiger partial charge in [0.15, 0.2) is 0 Å². The van der Waals surface area contributed by atoms with Crippen LogP contribution in [0.5, 0.6) is 0 Å². The van der Waals surface area contributed by atoms with Crippen molar-refractivity contribution >= 4 is 5.91 Å². The quantitative estimate of drug-likeness (QED) is 0.862. The third-order valence-corrected chi connectivity index (χ3v) is 5.77. The number of hydrogen-bond donors (Lipinski definition) is 1. The third kappa shape index (κ3) is 3.68. The number of amides is 1. The lowest BCUT2D eigenvalue weighted by atomic mass is 9.92. The first kappa shape index (κ1) is 19.1. The molecule has 2 aromatic rings. The minimum Gasteiger partial charge on any atom is -0.332 e. The molecule has 2 aromatic heterocycles. The number of aromatic nitrogens is 4. The molecular formula is C21H30N6O. The Morgan fingerprint density at radius 3 is 2.82 bits per heavy atom. The molecule has 2 aliphatic rings. The Morgan fingerprint density at radius 1 is 1.32 bits per heavy atom. The fourth-order valence-electron chi connectivity index (χ4n) is 3.97. The molecular weight excluding hydrogens is 352 g/mol. The highest BCUT2D eigenvalue weighted by Gasteiger charge is 2.28. The number of fused-ring (bicyclic) bond motifs is 1. The fourth-order valence-corrected chi connectivity index (χ4v) is 3.97. The molecule has 1 N–H and O–H groups in total. The van der Waals surface area contributed by atoms with Gasteiger partial charge in [-0.3, -0.25) is 9.48 Å². The summed E-state index contributed by atoms with van der Waals surface area (Å²) in [5, 5.41) is 7.97. The lowest BCUT2D eigenvalue weighted by molar-refractivity contribution is 0.0722. The largest absolute Gasteiger partial charge is 0.332 e. The molecule has 1 fully saturated rings. The molecule has 0 saturated carbocycles. The fraction of sp³-hybridized carbons (Fsp3) is 0.619. The van der Waals surface area contributed by atoms with E-state index in [9.17, 15) is 4.79 Å². The van der Waals surface area contributed by atoms with Crippen LogP contribution in [-0.2, 0) is 25.4 Å². The topological polar surface area (TPSA) is 75.9 Å². The van der Waals surface area contributed by atoms with Crippen molar-refractivity contribution in [2.75, 3.05) is 19.6 Å². The van der Waals surface area contributed by atoms with Crippen LogP contribution in [0.3, 0.4) is 0 Å². The van der Waals surface area contributed by atoms with E-state index in [1.165, 1.54) is 6.42 Å². The van der Waals surface area contributed by atoms with Crippen LogP contribution in [0.15, 0.2) is 12.3 Å². The van der Waals surface area contributed by atoms with Gasteiger partial charge in [-0.15, -0.1) is 0 Å². The molecule has 150 valence electrons. The Bertz CT molecular complexity index is 876. The second-order valence-electron chi connectivity index (χ2n) is 9.01. The van der Waals surface area contributed by atoms with Crippen LogP contribution in [-0.4, -0.2) is 50.2 Å². The van der Waals surface area contributed by atoms with Crippen molar-refractivity contribution < 1.29 is 4.79 Å². The van der Waals surface area contributed by atoms with E-state index >= 15 is 0 Å². The molecule has 4 rings (SSSR count). The Labute approximate surface area is 166 Å². The van der Waals surface area contributed by atoms with Gasteiger partial charge in [0.2, 0.25) is 0 Å². The van der Waals surface area contributed by atoms with Gasteiger partial charge in [-0.2, -0.15) is 5.10 Å². The summed E-state index contributed by atoms with van der Waals surface area (Å²) in [4.78, 5) is 24.5. The number of aryl methyl sites for hydroxylation is 1. The minimum absolute atomic E-state index is 0.0247. The third-order valence-electron chi connectivity index (χ3n) is 5.77. The molecule has 28 heavy (non-hydrogen) atoms. The van der Waals surface area contributed by atoms with E-state index in [2.05, 4.69) is 36.2 Å². The first-order chi connectivity index (χ1) is 13.3. The van der Waals surface area contributed by atoms with E-state index in [-0.39, 0.29) is 11.3 Å². The van der Waals surface area contributed by atoms with Crippen LogP contribution in [0, 0.1) is 0 Å². The van der Waals surface area contributed by atoms with Crippen LogP contribution >= 0.6 is 0 Å². The molecule has 1 amide bonds. The Balaban J connectivity index is 1.51. The zero-order valence-corrected chi connectivity index (χ0v) is 17.3. The van der Waals surface area contributed by atoms with Crippen molar-refractivity contribution in [3.8, 4) is 0 Å². The van der Waals surface area contributed by atoms with Gasteiger partial charge in [-0.1, -0.05) is 20.8 Å². The summed E-state index contributed by atoms with van der Waals surface area (Å²) >= 11 is 0. The maximum Gasteiger partial charge on any atom is 0.272 e. The number of piperidine rings is 1. The molecule has 0 aromatic carbocycles. The molecule has 0 unspecified atom stereocenters. The van der Waals surface area contributed by atoms with E-state index < -0.39 is 0 Å². The van der Waals surface area contributed by atoms with Gasteiger partial charge in [0.05, 0.1) is 11.4 Å². The van der Waals surface area contributed by atoms with Gasteiger partial charge in [-0.05, 0) is 25.5 Å². The summed E-state index contributed by atoms with van der Waals surface area (Å²) in [6, 6.07) is 1.92. The molecule has 0 spiro atoms. The highest BCUT2D eigenvalue weighted by molar-refractivity contribution is 5.92. The van der Waals surface area contributed by atoms with E-state index in [1.807, 2.05) is 24.2 Å². The van der Waals surface area contributed by atoms with Gasteiger partial charge in [0.25, 0.3) is 5.91 Å². The summed E-state index contributed by atoms with van der Waals surface area (Å²) in [6.45, 7) is 9.62. The predicted molar refractivity (Wildman–Crippen MR) is 107 cm³/mol. The SMILES string of the molecule is Cn1nc(C(C)(C)C)cc1C(=O)N1CCc2nc([C@H]3CCCNC3)ncc2C1. The standard InChI is InChI=1S/C21H30N6O/c1-21(2,3)18-10-17(26(4)25-18)20(28)27-9-7-16-15(13-27)12-23-19(24-16)14-6-5-8-22-11-14/h10,12,14,22H,5-9,11,13H2,1-4H3/t14-/m0/s1. The Hall–Kier alpha value is -2.28. The lowest BCUT2D eigenvalue weighted by Crippen LogP contribution is -2.38. The number of carbonyl (C=O) groups is 1. The van der Waals surface area contributed by atoms with E-state index in [1.54, 1.807) is 4.68 Å². The zero-order chi connectivity index (χ0) is 19.9. The van der Waals surface area contributed by atoms with Crippen molar-refractivity contribution in [2.24, 2.45) is 7.05 Å². The maximum absolute atomic E-state index is 13.1. The zero-order valence-electron chi connectivity index (χ0n) is 17.3. The molecule has 0 bridgehead atoms. The van der Waals surface area contributed by atoms with Gasteiger partial charge >= 0.3 is 0 Å². The summed E-state index contributed by atoms with van der Waals surface area (Å²) in [5.41, 5.74) is 3.65. The number of rotatable bonds is 2. The molecule has 1 atom stereocenters. The molecule has 2 aliphatic heterocycles. The predicted octanol–water partition coefficient (Wildman–Crippen LogP) is 2.17. The highest BCUT2D eigenvalue weighted by atomic mass is 16.2. The monoisotopic (exact) mass is 382 g/mol. The molecule has 0 radical (unpaired) electrons. The molecule has 7 nitrogen and oxygen atoms in total. The van der Waals surface area contributed by atoms with Crippen LogP contribution in [0.25, 0.3) is 0 Å². The van der Waals surface area contributed by atoms with Crippen molar-refractivity contribution in [3.63, 3.8) is 0 Å². The summed E-state index contributed by atoms with van der Waals surface area (Å²) in [5.74, 6) is 1.38. The van der Waals surface area contributed by atoms with Crippen molar-refractivity contribution in [3.05, 3.63) is 40.7 Å². The molecule has 1 saturated heterocycles. The number of nitrogens with zero attached hydrogens (tertiary/aromatic N) is 5. The average molecular weight is 383 g/mol. The minimum atomic E-state index is -0.0804. The number of hydrogen-bond acceptors (Lipinski definition) is 5. The number of nitrogens with one attached hydrogen (secondary N) is 1. The van der Waals surface area contributed by atoms with Crippen LogP contribution in [0.1, 0.15) is 72.8 Å². The van der Waals surface area contributed by atoms with Crippen LogP contribution in [0.4, 0.5) is 0 Å². The van der Waals surface area contributed by atoms with E-state index in [0.29, 0.717) is 24.7 Å². The van der Waals surface area contributed by atoms with Crippen LogP contribution in [0.2, 0.25) is 0 Å². The van der Waals surface area contributed by atoms with Gasteiger partial charge in [0.1, 0.15) is 11.5 Å². The second kappa shape index (κ2) is 7.28. The molecule has 0 aliphatic carbocycles. The van der Waals surface area contributed by atoms with Gasteiger partial charge in [0, 0.05) is 56.2 Å².